The van der Waals surface area contributed by atoms with E-state index in [4.69, 9.17) is 16.4 Å². The summed E-state index contributed by atoms with van der Waals surface area (Å²) < 4.78 is 0. The van der Waals surface area contributed by atoms with Crippen molar-refractivity contribution in [2.24, 2.45) is 5.18 Å². The van der Waals surface area contributed by atoms with Crippen LogP contribution < -0.4 is 0 Å². The molecule has 2 heterocycles. The van der Waals surface area contributed by atoms with Gasteiger partial charge in [-0.3, -0.25) is 4.84 Å². The molecule has 3 rings (SSSR count). The molecule has 0 saturated carbocycles. The predicted octanol–water partition coefficient (Wildman–Crippen LogP) is 2.72. The second-order valence-electron chi connectivity index (χ2n) is 5.30. The molecule has 0 aromatic heterocycles. The van der Waals surface area contributed by atoms with Gasteiger partial charge in [0.05, 0.1) is 12.1 Å². The number of carbonyl (C=O) groups excluding carboxylic acids is 1. The number of urea groups is 1. The average Bonchev–Trinajstić information content (AvgIpc) is 2.77. The zero-order valence-electron chi connectivity index (χ0n) is 11.4. The fourth-order valence-corrected chi connectivity index (χ4v) is 3.16. The Morgan fingerprint density at radius 3 is 2.81 bits per heavy atom. The number of hydroxylamine groups is 2. The van der Waals surface area contributed by atoms with Gasteiger partial charge in [0.15, 0.2) is 5.50 Å². The van der Waals surface area contributed by atoms with Gasteiger partial charge in [0.2, 0.25) is 0 Å². The first-order valence-electron chi connectivity index (χ1n) is 6.94. The fourth-order valence-electron chi connectivity index (χ4n) is 2.90. The molecule has 1 unspecified atom stereocenters. The highest BCUT2D eigenvalue weighted by Crippen LogP contribution is 2.33. The highest BCUT2D eigenvalue weighted by Gasteiger charge is 2.47. The molecule has 2 amide bonds. The van der Waals surface area contributed by atoms with Crippen LogP contribution in [-0.2, 0) is 11.4 Å². The first-order valence-corrected chi connectivity index (χ1v) is 7.37. The topological polar surface area (TPSA) is 62.2 Å². The second kappa shape index (κ2) is 5.99. The van der Waals surface area contributed by atoms with Crippen molar-refractivity contribution in [2.75, 3.05) is 6.54 Å². The van der Waals surface area contributed by atoms with E-state index in [-0.39, 0.29) is 18.1 Å². The summed E-state index contributed by atoms with van der Waals surface area (Å²) in [6.07, 6.45) is 1.43. The molecule has 21 heavy (non-hydrogen) atoms. The minimum atomic E-state index is -0.899. The molecule has 0 aliphatic carbocycles. The molecule has 0 radical (unpaired) electrons. The number of halogens is 1. The number of nitrogens with zero attached hydrogens (tertiary/aromatic N) is 3. The quantitative estimate of drug-likeness (QED) is 0.477. The lowest BCUT2D eigenvalue weighted by atomic mass is 10.0. The van der Waals surface area contributed by atoms with E-state index in [1.54, 1.807) is 4.90 Å². The van der Waals surface area contributed by atoms with Crippen LogP contribution in [0.1, 0.15) is 18.4 Å². The lowest BCUT2D eigenvalue weighted by molar-refractivity contribution is -0.140. The largest absolute Gasteiger partial charge is 0.344 e. The van der Waals surface area contributed by atoms with Crippen LogP contribution in [0.3, 0.4) is 0 Å². The normalized spacial score (nSPS) is 26.0. The van der Waals surface area contributed by atoms with Crippen molar-refractivity contribution >= 4 is 17.6 Å². The van der Waals surface area contributed by atoms with Crippen LogP contribution in [-0.4, -0.2) is 40.1 Å². The van der Waals surface area contributed by atoms with Crippen molar-refractivity contribution in [3.8, 4) is 0 Å². The van der Waals surface area contributed by atoms with E-state index in [1.165, 1.54) is 5.06 Å². The van der Waals surface area contributed by atoms with Gasteiger partial charge in [-0.05, 0) is 23.6 Å². The molecular formula is C14H16ClN3O3. The maximum Gasteiger partial charge on any atom is 0.344 e. The zero-order chi connectivity index (χ0) is 14.8. The van der Waals surface area contributed by atoms with Crippen molar-refractivity contribution in [1.29, 1.82) is 0 Å². The van der Waals surface area contributed by atoms with E-state index in [0.29, 0.717) is 19.6 Å². The van der Waals surface area contributed by atoms with Crippen LogP contribution in [0.5, 0.6) is 0 Å². The molecule has 3 atom stereocenters. The third-order valence-electron chi connectivity index (χ3n) is 4.00. The minimum Gasteiger partial charge on any atom is -0.314 e. The number of rotatable bonds is 5. The molecular weight excluding hydrogens is 294 g/mol. The van der Waals surface area contributed by atoms with Gasteiger partial charge in [-0.25, -0.2) is 4.79 Å². The fraction of sp³-hybridized carbons (Fsp3) is 0.500. The van der Waals surface area contributed by atoms with Crippen LogP contribution >= 0.6 is 11.6 Å². The second-order valence-corrected chi connectivity index (χ2v) is 5.74. The molecule has 1 aromatic rings. The molecule has 2 fully saturated rings. The smallest absolute Gasteiger partial charge is 0.314 e. The number of piperidine rings is 1. The van der Waals surface area contributed by atoms with Crippen LogP contribution in [0.25, 0.3) is 0 Å². The highest BCUT2D eigenvalue weighted by atomic mass is 35.5. The first kappa shape index (κ1) is 14.3. The summed E-state index contributed by atoms with van der Waals surface area (Å²) in [4.78, 5) is 30.2. The number of alkyl halides is 1. The van der Waals surface area contributed by atoms with Crippen molar-refractivity contribution in [3.05, 3.63) is 40.8 Å². The van der Waals surface area contributed by atoms with Gasteiger partial charge in [0.25, 0.3) is 0 Å². The lowest BCUT2D eigenvalue weighted by Crippen LogP contribution is -2.44. The molecule has 7 heteroatoms. The highest BCUT2D eigenvalue weighted by molar-refractivity contribution is 6.21. The number of amides is 2. The standard InChI is InChI=1S/C14H16ClN3O3/c15-13(16-20)12-7-6-11-8-17(12)14(19)18(11)21-9-10-4-2-1-3-5-10/h1-5,11-13H,6-9H2/t11-,12+,13?/m1/s1. The summed E-state index contributed by atoms with van der Waals surface area (Å²) in [5, 5.41) is 4.26. The van der Waals surface area contributed by atoms with Crippen LogP contribution in [0.4, 0.5) is 4.79 Å². The molecule has 2 saturated heterocycles. The monoisotopic (exact) mass is 309 g/mol. The SMILES string of the molecule is O=NC(Cl)[C@@H]1CC[C@@H]2CN1C(=O)N2OCc1ccccc1. The van der Waals surface area contributed by atoms with Crippen LogP contribution in [0.15, 0.2) is 35.5 Å². The molecule has 6 nitrogen and oxygen atoms in total. The lowest BCUT2D eigenvalue weighted by Gasteiger charge is -2.30. The number of carbonyl (C=O) groups is 1. The Kier molecular flexibility index (Phi) is 4.07. The number of benzene rings is 1. The van der Waals surface area contributed by atoms with E-state index in [9.17, 15) is 9.70 Å². The Morgan fingerprint density at radius 1 is 1.33 bits per heavy atom. The Labute approximate surface area is 127 Å². The Balaban J connectivity index is 1.66. The molecule has 2 aliphatic heterocycles. The number of nitroso groups, excluding NO2 is 1. The number of hydrogen-bond acceptors (Lipinski definition) is 4. The Hall–Kier alpha value is -1.66. The van der Waals surface area contributed by atoms with E-state index < -0.39 is 5.50 Å². The average molecular weight is 310 g/mol. The zero-order valence-corrected chi connectivity index (χ0v) is 12.1. The maximum absolute atomic E-state index is 12.4. The van der Waals surface area contributed by atoms with E-state index in [1.807, 2.05) is 30.3 Å². The van der Waals surface area contributed by atoms with Crippen molar-refractivity contribution in [3.63, 3.8) is 0 Å². The summed E-state index contributed by atoms with van der Waals surface area (Å²) in [6, 6.07) is 9.13. The molecule has 0 N–H and O–H groups in total. The predicted molar refractivity (Wildman–Crippen MR) is 77.4 cm³/mol. The molecule has 2 aliphatic rings. The molecule has 112 valence electrons. The molecule has 2 bridgehead atoms. The third-order valence-corrected chi connectivity index (χ3v) is 4.37. The molecule has 0 spiro atoms. The summed E-state index contributed by atoms with van der Waals surface area (Å²) in [5.74, 6) is 0. The number of fused-ring (bicyclic) bond motifs is 2. The van der Waals surface area contributed by atoms with Gasteiger partial charge >= 0.3 is 6.03 Å². The van der Waals surface area contributed by atoms with Crippen molar-refractivity contribution < 1.29 is 9.63 Å². The first-order chi connectivity index (χ1) is 10.2. The van der Waals surface area contributed by atoms with Gasteiger partial charge in [0.1, 0.15) is 6.61 Å². The third kappa shape index (κ3) is 2.73. The summed E-state index contributed by atoms with van der Waals surface area (Å²) in [6.45, 7) is 0.884. The van der Waals surface area contributed by atoms with Gasteiger partial charge in [0, 0.05) is 6.54 Å². The number of hydrogen-bond donors (Lipinski definition) is 0. The summed E-state index contributed by atoms with van der Waals surface area (Å²) >= 11 is 5.89. The van der Waals surface area contributed by atoms with Crippen LogP contribution in [0.2, 0.25) is 0 Å². The summed E-state index contributed by atoms with van der Waals surface area (Å²) in [5.41, 5.74) is 0.104. The van der Waals surface area contributed by atoms with E-state index in [0.717, 1.165) is 12.0 Å². The van der Waals surface area contributed by atoms with E-state index in [2.05, 4.69) is 5.18 Å². The van der Waals surface area contributed by atoms with Crippen molar-refractivity contribution in [2.45, 2.75) is 37.0 Å². The summed E-state index contributed by atoms with van der Waals surface area (Å²) in [7, 11) is 0. The maximum atomic E-state index is 12.4. The van der Waals surface area contributed by atoms with E-state index >= 15 is 0 Å². The van der Waals surface area contributed by atoms with Gasteiger partial charge in [-0.2, -0.15) is 5.06 Å². The Bertz CT molecular complexity index is 527. The molecule has 1 aromatic carbocycles. The van der Waals surface area contributed by atoms with Gasteiger partial charge in [-0.1, -0.05) is 41.9 Å². The van der Waals surface area contributed by atoms with Crippen molar-refractivity contribution in [1.82, 2.24) is 9.96 Å². The van der Waals surface area contributed by atoms with Crippen LogP contribution in [0, 0.1) is 4.91 Å². The Morgan fingerprint density at radius 2 is 2.10 bits per heavy atom. The minimum absolute atomic E-state index is 0.0213. The van der Waals surface area contributed by atoms with Gasteiger partial charge in [-0.15, -0.1) is 4.91 Å². The van der Waals surface area contributed by atoms with Gasteiger partial charge < -0.3 is 4.90 Å².